The van der Waals surface area contributed by atoms with Crippen molar-refractivity contribution in [2.45, 2.75) is 25.9 Å². The minimum absolute atomic E-state index is 0.353. The molecule has 7 heteroatoms. The van der Waals surface area contributed by atoms with Crippen LogP contribution in [-0.4, -0.2) is 25.1 Å². The lowest BCUT2D eigenvalue weighted by Crippen LogP contribution is -2.08. The fraction of sp³-hybridized carbons (Fsp3) is 0.455. The number of hydrogen-bond acceptors (Lipinski definition) is 4. The number of aryl methyl sites for hydroxylation is 2. The van der Waals surface area contributed by atoms with Crippen LogP contribution >= 0.6 is 11.6 Å². The molecule has 0 saturated heterocycles. The van der Waals surface area contributed by atoms with Crippen molar-refractivity contribution in [2.24, 2.45) is 7.05 Å². The number of halogens is 1. The van der Waals surface area contributed by atoms with E-state index in [1.807, 2.05) is 14.0 Å². The summed E-state index contributed by atoms with van der Waals surface area (Å²) < 4.78 is 1.70. The number of nitrogens with zero attached hydrogens (tertiary/aromatic N) is 3. The number of aromatic amines is 1. The summed E-state index contributed by atoms with van der Waals surface area (Å²) in [5.74, 6) is 0.372. The van der Waals surface area contributed by atoms with Gasteiger partial charge in [0.05, 0.1) is 28.7 Å². The Morgan fingerprint density at radius 2 is 2.33 bits per heavy atom. The number of aliphatic hydroxyl groups is 1. The van der Waals surface area contributed by atoms with Crippen LogP contribution in [0.4, 0.5) is 5.82 Å². The van der Waals surface area contributed by atoms with Gasteiger partial charge in [-0.3, -0.25) is 9.78 Å². The van der Waals surface area contributed by atoms with Gasteiger partial charge < -0.3 is 10.8 Å². The number of nitrogens with one attached hydrogen (secondary N) is 1. The molecule has 0 spiro atoms. The number of aromatic nitrogens is 4. The average Bonchev–Trinajstić information content (AvgIpc) is 2.87. The Morgan fingerprint density at radius 3 is 2.83 bits per heavy atom. The van der Waals surface area contributed by atoms with E-state index in [1.54, 1.807) is 4.68 Å². The van der Waals surface area contributed by atoms with Crippen molar-refractivity contribution in [3.8, 4) is 0 Å². The number of anilines is 1. The fourth-order valence-corrected chi connectivity index (χ4v) is 2.28. The molecule has 98 valence electrons. The summed E-state index contributed by atoms with van der Waals surface area (Å²) in [6.07, 6.45) is 1.88. The zero-order chi connectivity index (χ0) is 13.3. The topological polar surface area (TPSA) is 92.7 Å². The second-order valence-corrected chi connectivity index (χ2v) is 4.52. The van der Waals surface area contributed by atoms with Crippen molar-refractivity contribution in [2.75, 3.05) is 5.73 Å². The Morgan fingerprint density at radius 1 is 1.61 bits per heavy atom. The van der Waals surface area contributed by atoms with Gasteiger partial charge in [0.25, 0.3) is 0 Å². The molecule has 0 saturated carbocycles. The van der Waals surface area contributed by atoms with Gasteiger partial charge in [0, 0.05) is 19.0 Å². The van der Waals surface area contributed by atoms with Crippen molar-refractivity contribution in [1.29, 1.82) is 0 Å². The summed E-state index contributed by atoms with van der Waals surface area (Å²) >= 11 is 6.23. The Balaban J connectivity index is 2.24. The molecule has 0 aromatic carbocycles. The molecule has 18 heavy (non-hydrogen) atoms. The number of aliphatic hydroxyl groups excluding tert-OH is 1. The average molecular weight is 270 g/mol. The van der Waals surface area contributed by atoms with Gasteiger partial charge in [-0.25, -0.2) is 0 Å². The number of hydrogen-bond donors (Lipinski definition) is 3. The summed E-state index contributed by atoms with van der Waals surface area (Å²) in [7, 11) is 1.81. The first kappa shape index (κ1) is 12.9. The summed E-state index contributed by atoms with van der Waals surface area (Å²) in [6, 6.07) is 0. The number of H-pyrrole nitrogens is 1. The normalized spacial score (nSPS) is 12.9. The Hall–Kier alpha value is -1.53. The van der Waals surface area contributed by atoms with Crippen LogP contribution in [0.2, 0.25) is 5.02 Å². The molecule has 0 bridgehead atoms. The van der Waals surface area contributed by atoms with E-state index in [-0.39, 0.29) is 0 Å². The molecule has 2 heterocycles. The van der Waals surface area contributed by atoms with Crippen molar-refractivity contribution >= 4 is 17.4 Å². The van der Waals surface area contributed by atoms with Gasteiger partial charge in [0.2, 0.25) is 0 Å². The molecule has 2 aromatic heterocycles. The van der Waals surface area contributed by atoms with Crippen LogP contribution in [0.5, 0.6) is 0 Å². The highest BCUT2D eigenvalue weighted by Crippen LogP contribution is 2.27. The lowest BCUT2D eigenvalue weighted by atomic mass is 10.1. The molecule has 1 unspecified atom stereocenters. The first-order chi connectivity index (χ1) is 8.54. The third kappa shape index (κ3) is 2.21. The van der Waals surface area contributed by atoms with Crippen LogP contribution in [0, 0.1) is 0 Å². The van der Waals surface area contributed by atoms with Crippen LogP contribution in [0.3, 0.4) is 0 Å². The molecule has 2 aromatic rings. The van der Waals surface area contributed by atoms with Crippen LogP contribution in [0.15, 0.2) is 6.20 Å². The monoisotopic (exact) mass is 269 g/mol. The van der Waals surface area contributed by atoms with E-state index in [0.29, 0.717) is 22.8 Å². The van der Waals surface area contributed by atoms with Crippen LogP contribution < -0.4 is 5.73 Å². The van der Waals surface area contributed by atoms with Crippen LogP contribution in [0.25, 0.3) is 0 Å². The highest BCUT2D eigenvalue weighted by molar-refractivity contribution is 6.31. The largest absolute Gasteiger partial charge is 0.388 e. The van der Waals surface area contributed by atoms with Crippen LogP contribution in [-0.2, 0) is 19.9 Å². The second kappa shape index (κ2) is 4.99. The molecular formula is C11H16ClN5O. The van der Waals surface area contributed by atoms with E-state index < -0.39 is 6.10 Å². The number of rotatable bonds is 4. The lowest BCUT2D eigenvalue weighted by Gasteiger charge is -2.10. The smallest absolute Gasteiger partial charge is 0.124 e. The standard InChI is InChI=1S/C11H16ClN5O/c1-3-7-10(12)8(17(2)16-7)4-9(18)6-5-14-15-11(6)13/h5,9,18H,3-4H2,1-2H3,(H3,13,14,15). The van der Waals surface area contributed by atoms with Gasteiger partial charge in [-0.1, -0.05) is 18.5 Å². The van der Waals surface area contributed by atoms with Gasteiger partial charge in [0.1, 0.15) is 5.82 Å². The summed E-state index contributed by atoms with van der Waals surface area (Å²) in [5, 5.41) is 21.4. The first-order valence-corrected chi connectivity index (χ1v) is 6.09. The molecule has 0 aliphatic heterocycles. The second-order valence-electron chi connectivity index (χ2n) is 4.14. The lowest BCUT2D eigenvalue weighted by molar-refractivity contribution is 0.176. The maximum absolute atomic E-state index is 10.1. The van der Waals surface area contributed by atoms with Crippen molar-refractivity contribution < 1.29 is 5.11 Å². The zero-order valence-electron chi connectivity index (χ0n) is 10.3. The van der Waals surface area contributed by atoms with E-state index in [4.69, 9.17) is 17.3 Å². The maximum Gasteiger partial charge on any atom is 0.124 e. The van der Waals surface area contributed by atoms with E-state index in [9.17, 15) is 5.11 Å². The van der Waals surface area contributed by atoms with Gasteiger partial charge in [0.15, 0.2) is 0 Å². The van der Waals surface area contributed by atoms with Gasteiger partial charge in [-0.15, -0.1) is 0 Å². The third-order valence-electron chi connectivity index (χ3n) is 2.95. The molecule has 0 radical (unpaired) electrons. The predicted molar refractivity (Wildman–Crippen MR) is 69.3 cm³/mol. The molecule has 6 nitrogen and oxygen atoms in total. The molecular weight excluding hydrogens is 254 g/mol. The van der Waals surface area contributed by atoms with Gasteiger partial charge >= 0.3 is 0 Å². The molecule has 4 N–H and O–H groups in total. The Bertz CT molecular complexity index is 548. The summed E-state index contributed by atoms with van der Waals surface area (Å²) in [5.41, 5.74) is 7.87. The Labute approximate surface area is 110 Å². The molecule has 0 aliphatic carbocycles. The van der Waals surface area contributed by atoms with E-state index >= 15 is 0 Å². The summed E-state index contributed by atoms with van der Waals surface area (Å²) in [6.45, 7) is 1.99. The first-order valence-electron chi connectivity index (χ1n) is 5.71. The minimum atomic E-state index is -0.749. The van der Waals surface area contributed by atoms with Gasteiger partial charge in [-0.2, -0.15) is 10.2 Å². The predicted octanol–water partition coefficient (Wildman–Crippen LogP) is 1.22. The fourth-order valence-electron chi connectivity index (χ4n) is 1.91. The van der Waals surface area contributed by atoms with Crippen molar-refractivity contribution in [3.63, 3.8) is 0 Å². The number of nitrogens with two attached hydrogens (primary N) is 1. The van der Waals surface area contributed by atoms with Crippen LogP contribution in [0.1, 0.15) is 30.0 Å². The number of nitrogen functional groups attached to an aromatic ring is 1. The molecule has 2 rings (SSSR count). The SMILES string of the molecule is CCc1nn(C)c(CC(O)c2cn[nH]c2N)c1Cl. The minimum Gasteiger partial charge on any atom is -0.388 e. The summed E-state index contributed by atoms with van der Waals surface area (Å²) in [4.78, 5) is 0. The third-order valence-corrected chi connectivity index (χ3v) is 3.38. The van der Waals surface area contributed by atoms with Crippen molar-refractivity contribution in [3.05, 3.63) is 28.2 Å². The van der Waals surface area contributed by atoms with Crippen molar-refractivity contribution in [1.82, 2.24) is 20.0 Å². The maximum atomic E-state index is 10.1. The van der Waals surface area contributed by atoms with Gasteiger partial charge in [-0.05, 0) is 6.42 Å². The van der Waals surface area contributed by atoms with E-state index in [1.165, 1.54) is 6.20 Å². The Kier molecular flexibility index (Phi) is 3.58. The quantitative estimate of drug-likeness (QED) is 0.778. The molecule has 0 aliphatic rings. The van der Waals surface area contributed by atoms with E-state index in [2.05, 4.69) is 15.3 Å². The molecule has 1 atom stereocenters. The highest BCUT2D eigenvalue weighted by Gasteiger charge is 2.19. The zero-order valence-corrected chi connectivity index (χ0v) is 11.1. The van der Waals surface area contributed by atoms with E-state index in [0.717, 1.165) is 17.8 Å². The highest BCUT2D eigenvalue weighted by atomic mass is 35.5. The molecule has 0 fully saturated rings. The molecule has 0 amide bonds.